The predicted octanol–water partition coefficient (Wildman–Crippen LogP) is -1.13. The first-order valence-corrected chi connectivity index (χ1v) is 14.0. The zero-order chi connectivity index (χ0) is 27.6. The monoisotopic (exact) mass is 581 g/mol. The maximum atomic E-state index is 13.6. The third-order valence-corrected chi connectivity index (χ3v) is 8.70. The van der Waals surface area contributed by atoms with Crippen LogP contribution in [0.3, 0.4) is 0 Å². The number of hydrogen-bond donors (Lipinski definition) is 1. The number of nitrogens with zero attached hydrogens (tertiary/aromatic N) is 2. The van der Waals surface area contributed by atoms with Gasteiger partial charge < -0.3 is 29.1 Å². The van der Waals surface area contributed by atoms with Gasteiger partial charge in [0.15, 0.2) is 5.16 Å². The first kappa shape index (κ1) is 30.6. The standard InChI is InChI=1S/C25H25N3O8S2.Na/c1-14-11-26-20(15(2)24(14)35-4)13-37(31)25-27-19-9-17(34-3)10-21(23(19)28-25)38(32,33)18-7-5-16(6-8-18)36-12-22(29)30;/h5-11H,12-13H2,1-4H3,(H,27,28)(H,29,30);/q;+1/p-1. The zero-order valence-electron chi connectivity index (χ0n) is 21.9. The molecule has 0 saturated carbocycles. The average molecular weight is 582 g/mol. The maximum absolute atomic E-state index is 13.6. The number of aromatic nitrogens is 3. The second-order valence-corrected chi connectivity index (χ2v) is 11.5. The van der Waals surface area contributed by atoms with E-state index < -0.39 is 33.2 Å². The molecule has 11 nitrogen and oxygen atoms in total. The molecule has 1 unspecified atom stereocenters. The minimum Gasteiger partial charge on any atom is -0.546 e. The number of pyridine rings is 1. The number of carboxylic acids is 1. The van der Waals surface area contributed by atoms with Gasteiger partial charge in [0.2, 0.25) is 9.84 Å². The van der Waals surface area contributed by atoms with E-state index in [0.29, 0.717) is 17.0 Å². The number of ether oxygens (including phenoxy) is 3. The molecule has 2 heterocycles. The van der Waals surface area contributed by atoms with E-state index in [1.807, 2.05) is 13.8 Å². The van der Waals surface area contributed by atoms with Crippen molar-refractivity contribution in [3.8, 4) is 17.2 Å². The Morgan fingerprint density at radius 2 is 1.77 bits per heavy atom. The number of sulfone groups is 1. The molecule has 2 aromatic carbocycles. The number of carbonyl (C=O) groups is 1. The number of rotatable bonds is 10. The average Bonchev–Trinajstić information content (AvgIpc) is 3.33. The van der Waals surface area contributed by atoms with Crippen molar-refractivity contribution in [1.29, 1.82) is 0 Å². The summed E-state index contributed by atoms with van der Waals surface area (Å²) >= 11 is 0. The Labute approximate surface area is 249 Å². The van der Waals surface area contributed by atoms with Crippen molar-refractivity contribution >= 4 is 37.6 Å². The molecule has 4 rings (SSSR count). The van der Waals surface area contributed by atoms with Crippen LogP contribution < -0.4 is 48.9 Å². The Kier molecular flexibility index (Phi) is 9.78. The maximum Gasteiger partial charge on any atom is 1.00 e. The quantitative estimate of drug-likeness (QED) is 0.227. The smallest absolute Gasteiger partial charge is 0.546 e. The van der Waals surface area contributed by atoms with Crippen molar-refractivity contribution in [3.05, 3.63) is 59.4 Å². The SMILES string of the molecule is COc1cc(S(=O)(=O)c2ccc(OCC(=O)[O-])cc2)c2nc(S(=O)Cc3ncc(C)c(OC)c3C)[nH]c2c1.[Na+]. The van der Waals surface area contributed by atoms with Gasteiger partial charge in [0, 0.05) is 29.5 Å². The van der Waals surface area contributed by atoms with Crippen molar-refractivity contribution in [2.45, 2.75) is 34.5 Å². The summed E-state index contributed by atoms with van der Waals surface area (Å²) in [5.74, 6) is -0.287. The summed E-state index contributed by atoms with van der Waals surface area (Å²) in [7, 11) is -2.84. The van der Waals surface area contributed by atoms with Crippen LogP contribution in [0.15, 0.2) is 57.5 Å². The Bertz CT molecular complexity index is 1650. The van der Waals surface area contributed by atoms with E-state index in [1.165, 1.54) is 37.4 Å². The normalized spacial score (nSPS) is 12.0. The molecule has 0 bridgehead atoms. The number of fused-ring (bicyclic) bond motifs is 1. The summed E-state index contributed by atoms with van der Waals surface area (Å²) in [6.45, 7) is 3.02. The fourth-order valence-electron chi connectivity index (χ4n) is 3.86. The number of benzene rings is 2. The second kappa shape index (κ2) is 12.5. The van der Waals surface area contributed by atoms with Crippen LogP contribution in [0.5, 0.6) is 17.2 Å². The van der Waals surface area contributed by atoms with Gasteiger partial charge in [0.05, 0.1) is 52.8 Å². The molecule has 0 radical (unpaired) electrons. The Morgan fingerprint density at radius 3 is 2.38 bits per heavy atom. The molecule has 14 heteroatoms. The van der Waals surface area contributed by atoms with Crippen molar-refractivity contribution in [2.75, 3.05) is 20.8 Å². The van der Waals surface area contributed by atoms with E-state index >= 15 is 0 Å². The number of aryl methyl sites for hydroxylation is 1. The van der Waals surface area contributed by atoms with Crippen LogP contribution in [0.25, 0.3) is 11.0 Å². The van der Waals surface area contributed by atoms with E-state index in [4.69, 9.17) is 14.2 Å². The van der Waals surface area contributed by atoms with Crippen LogP contribution in [-0.4, -0.2) is 54.4 Å². The van der Waals surface area contributed by atoms with Gasteiger partial charge in [0.1, 0.15) is 34.3 Å². The summed E-state index contributed by atoms with van der Waals surface area (Å²) in [5.41, 5.74) is 2.60. The van der Waals surface area contributed by atoms with Crippen molar-refractivity contribution < 1.29 is 66.3 Å². The van der Waals surface area contributed by atoms with Crippen molar-refractivity contribution in [1.82, 2.24) is 15.0 Å². The largest absolute Gasteiger partial charge is 1.00 e. The van der Waals surface area contributed by atoms with Crippen LogP contribution >= 0.6 is 0 Å². The number of H-pyrrole nitrogens is 1. The van der Waals surface area contributed by atoms with Gasteiger partial charge in [-0.3, -0.25) is 9.19 Å². The fourth-order valence-corrected chi connectivity index (χ4v) is 6.38. The zero-order valence-corrected chi connectivity index (χ0v) is 25.6. The van der Waals surface area contributed by atoms with E-state index in [9.17, 15) is 22.5 Å². The number of hydrogen-bond acceptors (Lipinski definition) is 10. The first-order chi connectivity index (χ1) is 18.0. The van der Waals surface area contributed by atoms with Gasteiger partial charge in [-0.25, -0.2) is 13.4 Å². The van der Waals surface area contributed by atoms with Crippen LogP contribution in [0.2, 0.25) is 0 Å². The van der Waals surface area contributed by atoms with Crippen LogP contribution in [-0.2, 0) is 31.2 Å². The third kappa shape index (κ3) is 6.44. The summed E-state index contributed by atoms with van der Waals surface area (Å²) < 4.78 is 56.1. The summed E-state index contributed by atoms with van der Waals surface area (Å²) in [6, 6.07) is 8.15. The van der Waals surface area contributed by atoms with E-state index in [0.717, 1.165) is 11.1 Å². The molecule has 0 spiro atoms. The summed E-state index contributed by atoms with van der Waals surface area (Å²) in [6.07, 6.45) is 1.64. The van der Waals surface area contributed by atoms with Gasteiger partial charge in [-0.05, 0) is 38.1 Å². The minimum absolute atomic E-state index is 0. The van der Waals surface area contributed by atoms with E-state index in [-0.39, 0.29) is 67.3 Å². The molecule has 0 aliphatic carbocycles. The summed E-state index contributed by atoms with van der Waals surface area (Å²) in [5, 5.41) is 10.7. The Hall–Kier alpha value is -2.97. The van der Waals surface area contributed by atoms with Crippen molar-refractivity contribution in [2.24, 2.45) is 0 Å². The Balaban J connectivity index is 0.00000420. The fraction of sp³-hybridized carbons (Fsp3) is 0.240. The molecule has 1 atom stereocenters. The van der Waals surface area contributed by atoms with Gasteiger partial charge in [-0.1, -0.05) is 0 Å². The van der Waals surface area contributed by atoms with Gasteiger partial charge in [-0.2, -0.15) is 0 Å². The van der Waals surface area contributed by atoms with E-state index in [1.54, 1.807) is 19.4 Å². The van der Waals surface area contributed by atoms with Gasteiger partial charge in [0.25, 0.3) is 0 Å². The molecule has 0 fully saturated rings. The minimum atomic E-state index is -4.11. The molecule has 1 N–H and O–H groups in total. The number of carbonyl (C=O) groups excluding carboxylic acids is 1. The molecule has 0 amide bonds. The molecule has 2 aromatic heterocycles. The molecule has 0 saturated heterocycles. The van der Waals surface area contributed by atoms with Crippen LogP contribution in [0, 0.1) is 13.8 Å². The van der Waals surface area contributed by atoms with Gasteiger partial charge in [-0.15, -0.1) is 0 Å². The Morgan fingerprint density at radius 1 is 1.08 bits per heavy atom. The van der Waals surface area contributed by atoms with Gasteiger partial charge >= 0.3 is 29.6 Å². The topological polar surface area (TPSA) is 161 Å². The molecule has 39 heavy (non-hydrogen) atoms. The molecule has 200 valence electrons. The molecule has 0 aliphatic rings. The number of methoxy groups -OCH3 is 2. The number of aromatic amines is 1. The van der Waals surface area contributed by atoms with E-state index in [2.05, 4.69) is 15.0 Å². The van der Waals surface area contributed by atoms with Crippen molar-refractivity contribution in [3.63, 3.8) is 0 Å². The summed E-state index contributed by atoms with van der Waals surface area (Å²) in [4.78, 5) is 22.1. The van der Waals surface area contributed by atoms with Crippen LogP contribution in [0.1, 0.15) is 16.8 Å². The first-order valence-electron chi connectivity index (χ1n) is 11.2. The number of aliphatic carboxylic acids is 1. The van der Waals surface area contributed by atoms with Crippen LogP contribution in [0.4, 0.5) is 0 Å². The molecule has 4 aromatic rings. The molecular weight excluding hydrogens is 557 g/mol. The predicted molar refractivity (Wildman–Crippen MR) is 135 cm³/mol. The number of nitrogens with one attached hydrogen (secondary N) is 1. The molecule has 0 aliphatic heterocycles. The number of carboxylic acid groups (broad SMARTS) is 1. The second-order valence-electron chi connectivity index (χ2n) is 8.24. The third-order valence-electron chi connectivity index (χ3n) is 5.75. The number of imidazole rings is 1. The molecular formula is C25H24N3NaO8S2.